The standard InChI is InChI=1S/C26H36FN3O3S/c1-14(16-7-9-17(10-8-16)23-15(2)30-13-34-23)12-29-25(33)20-18(11-19(31)21(20)27)22(32)24(28-6)26(3,4)5/h7-10,13-14,18-21,24,28,31H,11-12H2,1-6H3,(H,29,33)/t14?,18?,19-,20?,21-,24+/m0/s1. The third kappa shape index (κ3) is 5.56. The van der Waals surface area contributed by atoms with Gasteiger partial charge in [-0.15, -0.1) is 11.3 Å². The number of ketones is 1. The molecular weight excluding hydrogens is 453 g/mol. The number of rotatable bonds is 8. The minimum Gasteiger partial charge on any atom is -0.390 e. The fourth-order valence-electron chi connectivity index (χ4n) is 4.87. The number of alkyl halides is 1. The molecule has 0 bridgehead atoms. The molecule has 0 spiro atoms. The molecule has 0 saturated heterocycles. The van der Waals surface area contributed by atoms with E-state index in [1.807, 2.05) is 64.4 Å². The van der Waals surface area contributed by atoms with Gasteiger partial charge >= 0.3 is 0 Å². The molecule has 0 aliphatic heterocycles. The van der Waals surface area contributed by atoms with E-state index < -0.39 is 41.5 Å². The molecule has 1 aromatic heterocycles. The summed E-state index contributed by atoms with van der Waals surface area (Å²) in [5.41, 5.74) is 4.57. The van der Waals surface area contributed by atoms with E-state index in [-0.39, 0.29) is 18.1 Å². The van der Waals surface area contributed by atoms with E-state index in [9.17, 15) is 19.1 Å². The SMILES string of the molecule is CN[C@H](C(=O)C1C[C@H](O)[C@H](F)C1C(=O)NCC(C)c1ccc(-c2scnc2C)cc1)C(C)(C)C. The number of likely N-dealkylation sites (N-methyl/N-ethyl adjacent to an activating group) is 1. The summed E-state index contributed by atoms with van der Waals surface area (Å²) in [6.45, 7) is 10.0. The average Bonchev–Trinajstić information content (AvgIpc) is 3.34. The van der Waals surface area contributed by atoms with Crippen LogP contribution in [0.2, 0.25) is 0 Å². The lowest BCUT2D eigenvalue weighted by molar-refractivity contribution is -0.136. The number of hydrogen-bond acceptors (Lipinski definition) is 6. The molecule has 1 aliphatic carbocycles. The smallest absolute Gasteiger partial charge is 0.226 e. The quantitative estimate of drug-likeness (QED) is 0.524. The number of aliphatic hydroxyl groups excluding tert-OH is 1. The number of benzene rings is 1. The third-order valence-corrected chi connectivity index (χ3v) is 7.79. The van der Waals surface area contributed by atoms with Crippen LogP contribution < -0.4 is 10.6 Å². The van der Waals surface area contributed by atoms with Gasteiger partial charge in [0.2, 0.25) is 5.91 Å². The molecule has 3 unspecified atom stereocenters. The Hall–Kier alpha value is -2.16. The first-order valence-corrected chi connectivity index (χ1v) is 12.6. The monoisotopic (exact) mass is 489 g/mol. The molecule has 3 N–H and O–H groups in total. The summed E-state index contributed by atoms with van der Waals surface area (Å²) in [5, 5.41) is 16.0. The number of nitrogens with one attached hydrogen (secondary N) is 2. The minimum absolute atomic E-state index is 0.00118. The van der Waals surface area contributed by atoms with Crippen molar-refractivity contribution >= 4 is 23.0 Å². The third-order valence-electron chi connectivity index (χ3n) is 6.82. The van der Waals surface area contributed by atoms with Gasteiger partial charge in [0.15, 0.2) is 5.78 Å². The minimum atomic E-state index is -1.76. The summed E-state index contributed by atoms with van der Waals surface area (Å²) in [5.74, 6) is -2.80. The molecule has 1 saturated carbocycles. The molecular formula is C26H36FN3O3S. The van der Waals surface area contributed by atoms with Gasteiger partial charge in [-0.2, -0.15) is 0 Å². The molecule has 186 valence electrons. The Morgan fingerprint density at radius 1 is 1.26 bits per heavy atom. The van der Waals surface area contributed by atoms with Crippen LogP contribution in [-0.2, 0) is 9.59 Å². The van der Waals surface area contributed by atoms with Crippen molar-refractivity contribution in [1.82, 2.24) is 15.6 Å². The molecule has 6 atom stereocenters. The molecule has 6 nitrogen and oxygen atoms in total. The summed E-state index contributed by atoms with van der Waals surface area (Å²) in [6, 6.07) is 7.59. The highest BCUT2D eigenvalue weighted by Gasteiger charge is 2.52. The topological polar surface area (TPSA) is 91.3 Å². The predicted molar refractivity (Wildman–Crippen MR) is 134 cm³/mol. The molecule has 34 heavy (non-hydrogen) atoms. The molecule has 2 aromatic rings. The number of aliphatic hydroxyl groups is 1. The van der Waals surface area contributed by atoms with Crippen molar-refractivity contribution < 1.29 is 19.1 Å². The van der Waals surface area contributed by atoms with Crippen LogP contribution in [0, 0.1) is 24.2 Å². The number of carbonyl (C=O) groups is 2. The van der Waals surface area contributed by atoms with Gasteiger partial charge in [0.05, 0.1) is 34.1 Å². The molecule has 1 fully saturated rings. The highest BCUT2D eigenvalue weighted by molar-refractivity contribution is 7.13. The summed E-state index contributed by atoms with van der Waals surface area (Å²) in [7, 11) is 1.68. The Labute approximate surface area is 205 Å². The van der Waals surface area contributed by atoms with E-state index in [1.54, 1.807) is 18.4 Å². The first kappa shape index (κ1) is 26.4. The van der Waals surface area contributed by atoms with Gasteiger partial charge < -0.3 is 15.7 Å². The number of carbonyl (C=O) groups excluding carboxylic acids is 2. The zero-order valence-corrected chi connectivity index (χ0v) is 21.6. The largest absolute Gasteiger partial charge is 0.390 e. The lowest BCUT2D eigenvalue weighted by atomic mass is 9.77. The van der Waals surface area contributed by atoms with E-state index in [0.29, 0.717) is 6.54 Å². The molecule has 1 heterocycles. The molecule has 0 radical (unpaired) electrons. The van der Waals surface area contributed by atoms with Crippen LogP contribution in [0.15, 0.2) is 29.8 Å². The number of aryl methyl sites for hydroxylation is 1. The van der Waals surface area contributed by atoms with Gasteiger partial charge in [0.25, 0.3) is 0 Å². The number of Topliss-reactive ketones (excluding diaryl/α,β-unsaturated/α-hetero) is 1. The van der Waals surface area contributed by atoms with Crippen molar-refractivity contribution in [3.63, 3.8) is 0 Å². The number of halogens is 1. The number of thiazole rings is 1. The number of amides is 1. The second-order valence-electron chi connectivity index (χ2n) is 10.4. The normalized spacial score (nSPS) is 24.6. The summed E-state index contributed by atoms with van der Waals surface area (Å²) in [6.07, 6.45) is -3.12. The van der Waals surface area contributed by atoms with Crippen LogP contribution in [0.4, 0.5) is 4.39 Å². The van der Waals surface area contributed by atoms with Crippen molar-refractivity contribution in [3.05, 3.63) is 41.0 Å². The Balaban J connectivity index is 1.67. The van der Waals surface area contributed by atoms with Crippen molar-refractivity contribution in [2.45, 2.75) is 65.3 Å². The number of hydrogen-bond donors (Lipinski definition) is 3. The molecule has 1 aromatic carbocycles. The van der Waals surface area contributed by atoms with Crippen LogP contribution in [0.1, 0.15) is 51.3 Å². The van der Waals surface area contributed by atoms with E-state index in [4.69, 9.17) is 0 Å². The molecule has 1 aliphatic rings. The second kappa shape index (κ2) is 10.6. The van der Waals surface area contributed by atoms with Crippen molar-refractivity contribution in [1.29, 1.82) is 0 Å². The van der Waals surface area contributed by atoms with Crippen molar-refractivity contribution in [2.75, 3.05) is 13.6 Å². The zero-order chi connectivity index (χ0) is 25.2. The van der Waals surface area contributed by atoms with Gasteiger partial charge in [0.1, 0.15) is 6.17 Å². The summed E-state index contributed by atoms with van der Waals surface area (Å²) < 4.78 is 14.9. The van der Waals surface area contributed by atoms with Gasteiger partial charge in [-0.05, 0) is 42.9 Å². The first-order chi connectivity index (χ1) is 16.0. The Morgan fingerprint density at radius 3 is 2.44 bits per heavy atom. The van der Waals surface area contributed by atoms with Crippen molar-refractivity contribution in [2.24, 2.45) is 17.3 Å². The lowest BCUT2D eigenvalue weighted by Crippen LogP contribution is -2.50. The van der Waals surface area contributed by atoms with Crippen LogP contribution in [0.3, 0.4) is 0 Å². The highest BCUT2D eigenvalue weighted by Crippen LogP contribution is 2.38. The van der Waals surface area contributed by atoms with Gasteiger partial charge in [-0.3, -0.25) is 9.59 Å². The van der Waals surface area contributed by atoms with E-state index >= 15 is 0 Å². The van der Waals surface area contributed by atoms with E-state index in [1.165, 1.54) is 0 Å². The maximum Gasteiger partial charge on any atom is 0.226 e. The highest BCUT2D eigenvalue weighted by atomic mass is 32.1. The Morgan fingerprint density at radius 2 is 1.91 bits per heavy atom. The van der Waals surface area contributed by atoms with E-state index in [2.05, 4.69) is 15.6 Å². The van der Waals surface area contributed by atoms with Gasteiger partial charge in [0, 0.05) is 12.5 Å². The Bertz CT molecular complexity index is 1000. The predicted octanol–water partition coefficient (Wildman–Crippen LogP) is 3.88. The fourth-order valence-corrected chi connectivity index (χ4v) is 5.68. The lowest BCUT2D eigenvalue weighted by Gasteiger charge is -2.32. The zero-order valence-electron chi connectivity index (χ0n) is 20.8. The Kier molecular flexibility index (Phi) is 8.26. The van der Waals surface area contributed by atoms with Gasteiger partial charge in [-0.25, -0.2) is 9.37 Å². The molecule has 1 amide bonds. The van der Waals surface area contributed by atoms with Gasteiger partial charge in [-0.1, -0.05) is 52.0 Å². The van der Waals surface area contributed by atoms with Crippen LogP contribution in [0.5, 0.6) is 0 Å². The average molecular weight is 490 g/mol. The molecule has 8 heteroatoms. The van der Waals surface area contributed by atoms with Crippen LogP contribution in [0.25, 0.3) is 10.4 Å². The maximum absolute atomic E-state index is 14.9. The number of nitrogens with zero attached hydrogens (tertiary/aromatic N) is 1. The fraction of sp³-hybridized carbons (Fsp3) is 0.577. The summed E-state index contributed by atoms with van der Waals surface area (Å²) in [4.78, 5) is 31.7. The van der Waals surface area contributed by atoms with Crippen LogP contribution in [-0.4, -0.2) is 53.7 Å². The maximum atomic E-state index is 14.9. The second-order valence-corrected chi connectivity index (χ2v) is 11.3. The van der Waals surface area contributed by atoms with E-state index in [0.717, 1.165) is 21.7 Å². The number of aromatic nitrogens is 1. The molecule has 3 rings (SSSR count). The van der Waals surface area contributed by atoms with Crippen molar-refractivity contribution in [3.8, 4) is 10.4 Å². The van der Waals surface area contributed by atoms with Crippen LogP contribution >= 0.6 is 11.3 Å². The summed E-state index contributed by atoms with van der Waals surface area (Å²) >= 11 is 1.60. The first-order valence-electron chi connectivity index (χ1n) is 11.8.